The normalized spacial score (nSPS) is 18.1. The van der Waals surface area contributed by atoms with Gasteiger partial charge in [0.1, 0.15) is 11.9 Å². The lowest BCUT2D eigenvalue weighted by molar-refractivity contribution is 0.415. The van der Waals surface area contributed by atoms with Gasteiger partial charge < -0.3 is 19.9 Å². The third-order valence-corrected chi connectivity index (χ3v) is 5.65. The van der Waals surface area contributed by atoms with Gasteiger partial charge in [0, 0.05) is 59.4 Å². The van der Waals surface area contributed by atoms with E-state index in [9.17, 15) is 0 Å². The van der Waals surface area contributed by atoms with E-state index in [0.717, 1.165) is 17.4 Å². The van der Waals surface area contributed by atoms with Gasteiger partial charge in [0.2, 0.25) is 0 Å². The van der Waals surface area contributed by atoms with Gasteiger partial charge in [-0.15, -0.1) is 0 Å². The Hall–Kier alpha value is -3.15. The summed E-state index contributed by atoms with van der Waals surface area (Å²) in [5, 5.41) is 15.2. The van der Waals surface area contributed by atoms with Gasteiger partial charge >= 0.3 is 0 Å². The smallest absolute Gasteiger partial charge is 0.125 e. The molecule has 0 amide bonds. The first kappa shape index (κ1) is 16.1. The summed E-state index contributed by atoms with van der Waals surface area (Å²) in [4.78, 5) is 0. The van der Waals surface area contributed by atoms with Gasteiger partial charge in [-0.2, -0.15) is 5.10 Å². The molecule has 0 saturated carbocycles. The molecule has 1 unspecified atom stereocenters. The molecule has 27 heavy (non-hydrogen) atoms. The maximum Gasteiger partial charge on any atom is 0.125 e. The first-order valence-electron chi connectivity index (χ1n) is 9.24. The quantitative estimate of drug-likeness (QED) is 0.735. The molecule has 2 aliphatic rings. The second-order valence-electron chi connectivity index (χ2n) is 7.12. The van der Waals surface area contributed by atoms with Crippen molar-refractivity contribution in [1.82, 2.24) is 25.0 Å². The van der Waals surface area contributed by atoms with Crippen LogP contribution in [-0.4, -0.2) is 27.6 Å². The highest BCUT2D eigenvalue weighted by Gasteiger charge is 2.32. The van der Waals surface area contributed by atoms with Crippen molar-refractivity contribution in [3.63, 3.8) is 0 Å². The number of rotatable bonds is 3. The fourth-order valence-corrected chi connectivity index (χ4v) is 4.39. The van der Waals surface area contributed by atoms with Crippen LogP contribution in [0.1, 0.15) is 18.9 Å². The first-order valence-corrected chi connectivity index (χ1v) is 9.24. The van der Waals surface area contributed by atoms with E-state index in [1.165, 1.54) is 38.7 Å². The molecule has 4 heterocycles. The average Bonchev–Trinajstić information content (AvgIpc) is 3.34. The van der Waals surface area contributed by atoms with Gasteiger partial charge in [0.25, 0.3) is 0 Å². The number of methoxy groups -OCH3 is 1. The summed E-state index contributed by atoms with van der Waals surface area (Å²) in [5.74, 6) is 0.872. The molecule has 2 N–H and O–H groups in total. The number of aromatic nitrogens is 3. The molecule has 1 atom stereocenters. The molecular weight excluding hydrogens is 338 g/mol. The Balaban J connectivity index is 1.82. The molecule has 0 aliphatic carbocycles. The van der Waals surface area contributed by atoms with Crippen LogP contribution in [-0.2, 0) is 14.1 Å². The Morgan fingerprint density at radius 3 is 2.89 bits per heavy atom. The van der Waals surface area contributed by atoms with E-state index in [1.807, 2.05) is 30.2 Å². The van der Waals surface area contributed by atoms with E-state index in [0.29, 0.717) is 0 Å². The molecule has 138 valence electrons. The monoisotopic (exact) mass is 361 g/mol. The van der Waals surface area contributed by atoms with Crippen LogP contribution < -0.4 is 25.9 Å². The van der Waals surface area contributed by atoms with Crippen LogP contribution in [0.4, 0.5) is 0 Å². The molecule has 1 aromatic carbocycles. The summed E-state index contributed by atoms with van der Waals surface area (Å²) in [7, 11) is 5.81. The number of benzene rings is 1. The number of nitrogens with zero attached hydrogens (tertiary/aromatic N) is 3. The number of fused-ring (bicyclic) bond motifs is 3. The van der Waals surface area contributed by atoms with E-state index in [-0.39, 0.29) is 6.17 Å². The van der Waals surface area contributed by atoms with Crippen LogP contribution in [0.3, 0.4) is 0 Å². The highest BCUT2D eigenvalue weighted by molar-refractivity contribution is 5.99. The number of ether oxygens (including phenoxy) is 1. The van der Waals surface area contributed by atoms with Crippen molar-refractivity contribution in [2.75, 3.05) is 7.11 Å². The summed E-state index contributed by atoms with van der Waals surface area (Å²) in [6, 6.07) is 6.24. The van der Waals surface area contributed by atoms with Crippen LogP contribution in [0.25, 0.3) is 28.4 Å². The van der Waals surface area contributed by atoms with Crippen LogP contribution in [0, 0.1) is 0 Å². The standard InChI is InChI=1S/C21H23N5O/c1-5-14-18-20-12(10-23-26(20)3)9-22-21(18)24-19(14)16-11-25(2)17-7-6-13(27-4)8-15(16)17/h6-11,21-22,24H,5H2,1-4H3. The van der Waals surface area contributed by atoms with Gasteiger partial charge in [-0.3, -0.25) is 4.68 Å². The van der Waals surface area contributed by atoms with Gasteiger partial charge in [-0.05, 0) is 30.2 Å². The molecule has 3 aromatic rings. The number of hydrogen-bond acceptors (Lipinski definition) is 4. The molecule has 0 bridgehead atoms. The maximum absolute atomic E-state index is 5.47. The molecule has 6 heteroatoms. The molecular formula is C21H23N5O. The summed E-state index contributed by atoms with van der Waals surface area (Å²) in [5.41, 5.74) is 6.21. The number of hydrogen-bond donors (Lipinski definition) is 2. The van der Waals surface area contributed by atoms with E-state index >= 15 is 0 Å². The minimum atomic E-state index is 0.0683. The van der Waals surface area contributed by atoms with Crippen LogP contribution in [0.15, 0.2) is 36.2 Å². The van der Waals surface area contributed by atoms with Crippen LogP contribution in [0.2, 0.25) is 0 Å². The van der Waals surface area contributed by atoms with Gasteiger partial charge in [-0.1, -0.05) is 6.92 Å². The lowest BCUT2D eigenvalue weighted by Crippen LogP contribution is -2.47. The third-order valence-electron chi connectivity index (χ3n) is 5.65. The number of nitrogens with one attached hydrogen (secondary N) is 2. The maximum atomic E-state index is 5.47. The Bertz CT molecular complexity index is 1230. The summed E-state index contributed by atoms with van der Waals surface area (Å²) in [6.07, 6.45) is 7.18. The molecule has 0 saturated heterocycles. The fraction of sp³-hybridized carbons (Fsp3) is 0.286. The minimum absolute atomic E-state index is 0.0683. The van der Waals surface area contributed by atoms with Crippen molar-refractivity contribution >= 4 is 28.4 Å². The molecule has 5 rings (SSSR count). The Morgan fingerprint density at radius 2 is 2.11 bits per heavy atom. The summed E-state index contributed by atoms with van der Waals surface area (Å²) in [6.45, 7) is 2.21. The fourth-order valence-electron chi connectivity index (χ4n) is 4.39. The minimum Gasteiger partial charge on any atom is -0.497 e. The van der Waals surface area contributed by atoms with Crippen molar-refractivity contribution < 1.29 is 4.74 Å². The van der Waals surface area contributed by atoms with Crippen molar-refractivity contribution in [2.45, 2.75) is 19.5 Å². The zero-order valence-corrected chi connectivity index (χ0v) is 16.0. The van der Waals surface area contributed by atoms with E-state index in [2.05, 4.69) is 52.6 Å². The van der Waals surface area contributed by atoms with Crippen LogP contribution in [0.5, 0.6) is 5.75 Å². The van der Waals surface area contributed by atoms with E-state index in [4.69, 9.17) is 4.74 Å². The van der Waals surface area contributed by atoms with Crippen molar-refractivity contribution in [3.05, 3.63) is 52.3 Å². The average molecular weight is 361 g/mol. The molecule has 0 spiro atoms. The summed E-state index contributed by atoms with van der Waals surface area (Å²) >= 11 is 0. The number of aryl methyl sites for hydroxylation is 2. The van der Waals surface area contributed by atoms with Crippen molar-refractivity contribution in [2.24, 2.45) is 14.1 Å². The highest BCUT2D eigenvalue weighted by Crippen LogP contribution is 2.37. The highest BCUT2D eigenvalue weighted by atomic mass is 16.5. The predicted octanol–water partition coefficient (Wildman–Crippen LogP) is 1.16. The molecule has 0 fully saturated rings. The Kier molecular flexibility index (Phi) is 3.37. The topological polar surface area (TPSA) is 56.0 Å². The van der Waals surface area contributed by atoms with Crippen LogP contribution >= 0.6 is 0 Å². The first-order chi connectivity index (χ1) is 13.1. The lowest BCUT2D eigenvalue weighted by Gasteiger charge is -2.18. The lowest BCUT2D eigenvalue weighted by atomic mass is 9.98. The van der Waals surface area contributed by atoms with Crippen molar-refractivity contribution in [3.8, 4) is 5.75 Å². The molecule has 2 aromatic heterocycles. The van der Waals surface area contributed by atoms with Crippen molar-refractivity contribution in [1.29, 1.82) is 0 Å². The largest absolute Gasteiger partial charge is 0.497 e. The van der Waals surface area contributed by atoms with Gasteiger partial charge in [-0.25, -0.2) is 0 Å². The second-order valence-corrected chi connectivity index (χ2v) is 7.12. The summed E-state index contributed by atoms with van der Waals surface area (Å²) < 4.78 is 9.62. The van der Waals surface area contributed by atoms with Gasteiger partial charge in [0.15, 0.2) is 0 Å². The zero-order valence-electron chi connectivity index (χ0n) is 16.0. The molecule has 2 aliphatic heterocycles. The SMILES string of the molecule is CCC1=C(c2cn(C)c3ccc(OC)cc23)NC2NC=c3cnn(C)c3=C12. The Morgan fingerprint density at radius 1 is 1.26 bits per heavy atom. The Labute approximate surface area is 157 Å². The second kappa shape index (κ2) is 5.67. The van der Waals surface area contributed by atoms with E-state index < -0.39 is 0 Å². The molecule has 0 radical (unpaired) electrons. The predicted molar refractivity (Wildman–Crippen MR) is 107 cm³/mol. The van der Waals surface area contributed by atoms with Gasteiger partial charge in [0.05, 0.1) is 18.7 Å². The molecule has 6 nitrogen and oxygen atoms in total. The zero-order chi connectivity index (χ0) is 18.7. The van der Waals surface area contributed by atoms with E-state index in [1.54, 1.807) is 7.11 Å². The third kappa shape index (κ3) is 2.16.